The average molecular weight is 334 g/mol. The highest BCUT2D eigenvalue weighted by atomic mass is 35.5. The Labute approximate surface area is 141 Å². The second kappa shape index (κ2) is 8.44. The van der Waals surface area contributed by atoms with E-state index in [1.807, 2.05) is 50.2 Å². The third kappa shape index (κ3) is 5.18. The van der Waals surface area contributed by atoms with Gasteiger partial charge in [0.15, 0.2) is 18.1 Å². The molecule has 1 N–H and O–H groups in total. The molecule has 1 amide bonds. The van der Waals surface area contributed by atoms with Crippen LogP contribution in [0.3, 0.4) is 0 Å². The molecule has 0 unspecified atom stereocenters. The third-order valence-corrected chi connectivity index (χ3v) is 3.47. The molecule has 4 nitrogen and oxygen atoms in total. The van der Waals surface area contributed by atoms with Gasteiger partial charge in [0.05, 0.1) is 12.6 Å². The first-order valence-electron chi connectivity index (χ1n) is 7.49. The standard InChI is InChI=1S/C18H20ClNO3/c1-3-22-16-9-4-5-10-17(16)23-12-18(21)20-13(2)14-7-6-8-15(19)11-14/h4-11,13H,3,12H2,1-2H3,(H,20,21)/t13-/m1/s1. The van der Waals surface area contributed by atoms with E-state index in [1.165, 1.54) is 0 Å². The first-order chi connectivity index (χ1) is 11.1. The predicted molar refractivity (Wildman–Crippen MR) is 91.1 cm³/mol. The second-order valence-corrected chi connectivity index (χ2v) is 5.45. The van der Waals surface area contributed by atoms with E-state index in [2.05, 4.69) is 5.32 Å². The van der Waals surface area contributed by atoms with Gasteiger partial charge in [-0.15, -0.1) is 0 Å². The second-order valence-electron chi connectivity index (χ2n) is 5.01. The summed E-state index contributed by atoms with van der Waals surface area (Å²) in [4.78, 5) is 12.0. The molecule has 1 atom stereocenters. The van der Waals surface area contributed by atoms with Crippen molar-refractivity contribution in [1.29, 1.82) is 0 Å². The summed E-state index contributed by atoms with van der Waals surface area (Å²) in [7, 11) is 0. The number of rotatable bonds is 7. The summed E-state index contributed by atoms with van der Waals surface area (Å²) < 4.78 is 11.0. The van der Waals surface area contributed by atoms with Crippen molar-refractivity contribution in [2.45, 2.75) is 19.9 Å². The van der Waals surface area contributed by atoms with Crippen LogP contribution in [0.4, 0.5) is 0 Å². The molecule has 0 saturated heterocycles. The minimum Gasteiger partial charge on any atom is -0.490 e. The van der Waals surface area contributed by atoms with Crippen LogP contribution in [0, 0.1) is 0 Å². The molecule has 0 aromatic heterocycles. The normalized spacial score (nSPS) is 11.6. The summed E-state index contributed by atoms with van der Waals surface area (Å²) in [6.07, 6.45) is 0. The molecule has 23 heavy (non-hydrogen) atoms. The van der Waals surface area contributed by atoms with Crippen molar-refractivity contribution < 1.29 is 14.3 Å². The number of para-hydroxylation sites is 2. The van der Waals surface area contributed by atoms with Crippen LogP contribution in [0.25, 0.3) is 0 Å². The van der Waals surface area contributed by atoms with Gasteiger partial charge in [0.25, 0.3) is 5.91 Å². The number of nitrogens with one attached hydrogen (secondary N) is 1. The predicted octanol–water partition coefficient (Wildman–Crippen LogP) is 3.99. The monoisotopic (exact) mass is 333 g/mol. The number of ether oxygens (including phenoxy) is 2. The maximum atomic E-state index is 12.0. The van der Waals surface area contributed by atoms with Gasteiger partial charge in [-0.2, -0.15) is 0 Å². The Morgan fingerprint density at radius 1 is 1.13 bits per heavy atom. The SMILES string of the molecule is CCOc1ccccc1OCC(=O)N[C@H](C)c1cccc(Cl)c1. The third-order valence-electron chi connectivity index (χ3n) is 3.23. The molecule has 0 heterocycles. The number of amides is 1. The quantitative estimate of drug-likeness (QED) is 0.833. The Balaban J connectivity index is 1.90. The molecular formula is C18H20ClNO3. The zero-order valence-corrected chi connectivity index (χ0v) is 14.0. The number of benzene rings is 2. The van der Waals surface area contributed by atoms with Crippen molar-refractivity contribution in [1.82, 2.24) is 5.32 Å². The highest BCUT2D eigenvalue weighted by Gasteiger charge is 2.11. The zero-order chi connectivity index (χ0) is 16.7. The summed E-state index contributed by atoms with van der Waals surface area (Å²) in [6, 6.07) is 14.5. The first-order valence-corrected chi connectivity index (χ1v) is 7.87. The molecule has 0 aliphatic heterocycles. The van der Waals surface area contributed by atoms with Crippen LogP contribution in [0.2, 0.25) is 5.02 Å². The number of hydrogen-bond donors (Lipinski definition) is 1. The van der Waals surface area contributed by atoms with E-state index in [1.54, 1.807) is 12.1 Å². The lowest BCUT2D eigenvalue weighted by Gasteiger charge is -2.16. The van der Waals surface area contributed by atoms with Gasteiger partial charge in [0.2, 0.25) is 0 Å². The number of hydrogen-bond acceptors (Lipinski definition) is 3. The molecule has 122 valence electrons. The molecule has 0 radical (unpaired) electrons. The van der Waals surface area contributed by atoms with Gasteiger partial charge in [0, 0.05) is 5.02 Å². The molecular weight excluding hydrogens is 314 g/mol. The first kappa shape index (κ1) is 17.2. The van der Waals surface area contributed by atoms with Crippen molar-refractivity contribution in [3.05, 3.63) is 59.1 Å². The molecule has 2 rings (SSSR count). The topological polar surface area (TPSA) is 47.6 Å². The van der Waals surface area contributed by atoms with E-state index in [9.17, 15) is 4.79 Å². The van der Waals surface area contributed by atoms with Crippen LogP contribution in [0.5, 0.6) is 11.5 Å². The lowest BCUT2D eigenvalue weighted by Crippen LogP contribution is -2.31. The molecule has 0 spiro atoms. The fraction of sp³-hybridized carbons (Fsp3) is 0.278. The minimum absolute atomic E-state index is 0.0744. The largest absolute Gasteiger partial charge is 0.490 e. The van der Waals surface area contributed by atoms with E-state index in [0.29, 0.717) is 23.1 Å². The van der Waals surface area contributed by atoms with Crippen LogP contribution < -0.4 is 14.8 Å². The Kier molecular flexibility index (Phi) is 6.29. The van der Waals surface area contributed by atoms with E-state index in [-0.39, 0.29) is 18.6 Å². The van der Waals surface area contributed by atoms with Gasteiger partial charge in [0.1, 0.15) is 0 Å². The average Bonchev–Trinajstić information content (AvgIpc) is 2.54. The fourth-order valence-corrected chi connectivity index (χ4v) is 2.33. The Bertz CT molecular complexity index is 660. The zero-order valence-electron chi connectivity index (χ0n) is 13.2. The summed E-state index contributed by atoms with van der Waals surface area (Å²) >= 11 is 5.96. The number of carbonyl (C=O) groups is 1. The van der Waals surface area contributed by atoms with E-state index >= 15 is 0 Å². The summed E-state index contributed by atoms with van der Waals surface area (Å²) in [5, 5.41) is 3.53. The Morgan fingerprint density at radius 3 is 2.48 bits per heavy atom. The number of carbonyl (C=O) groups excluding carboxylic acids is 1. The minimum atomic E-state index is -0.205. The molecule has 0 saturated carbocycles. The van der Waals surface area contributed by atoms with Gasteiger partial charge in [-0.3, -0.25) is 4.79 Å². The number of halogens is 1. The Morgan fingerprint density at radius 2 is 1.83 bits per heavy atom. The van der Waals surface area contributed by atoms with Gasteiger partial charge >= 0.3 is 0 Å². The Hall–Kier alpha value is -2.20. The van der Waals surface area contributed by atoms with Crippen molar-refractivity contribution in [3.8, 4) is 11.5 Å². The summed E-state index contributed by atoms with van der Waals surface area (Å²) in [6.45, 7) is 4.27. The van der Waals surface area contributed by atoms with Crippen molar-refractivity contribution in [2.24, 2.45) is 0 Å². The smallest absolute Gasteiger partial charge is 0.258 e. The van der Waals surface area contributed by atoms with Crippen LogP contribution in [0.1, 0.15) is 25.5 Å². The lowest BCUT2D eigenvalue weighted by atomic mass is 10.1. The lowest BCUT2D eigenvalue weighted by molar-refractivity contribution is -0.123. The van der Waals surface area contributed by atoms with Crippen LogP contribution in [-0.4, -0.2) is 19.1 Å². The molecule has 2 aromatic carbocycles. The van der Waals surface area contributed by atoms with E-state index in [4.69, 9.17) is 21.1 Å². The summed E-state index contributed by atoms with van der Waals surface area (Å²) in [5.74, 6) is 0.981. The van der Waals surface area contributed by atoms with Crippen LogP contribution in [0.15, 0.2) is 48.5 Å². The molecule has 0 aliphatic rings. The maximum absolute atomic E-state index is 12.0. The van der Waals surface area contributed by atoms with Gasteiger partial charge in [-0.05, 0) is 43.7 Å². The highest BCUT2D eigenvalue weighted by molar-refractivity contribution is 6.30. The van der Waals surface area contributed by atoms with Crippen LogP contribution >= 0.6 is 11.6 Å². The fourth-order valence-electron chi connectivity index (χ4n) is 2.13. The highest BCUT2D eigenvalue weighted by Crippen LogP contribution is 2.26. The van der Waals surface area contributed by atoms with Crippen LogP contribution in [-0.2, 0) is 4.79 Å². The maximum Gasteiger partial charge on any atom is 0.258 e. The van der Waals surface area contributed by atoms with Crippen molar-refractivity contribution >= 4 is 17.5 Å². The molecule has 0 fully saturated rings. The van der Waals surface area contributed by atoms with Crippen molar-refractivity contribution in [2.75, 3.05) is 13.2 Å². The molecule has 5 heteroatoms. The summed E-state index contributed by atoms with van der Waals surface area (Å²) in [5.41, 5.74) is 0.945. The van der Waals surface area contributed by atoms with Gasteiger partial charge < -0.3 is 14.8 Å². The van der Waals surface area contributed by atoms with Gasteiger partial charge in [-0.1, -0.05) is 35.9 Å². The molecule has 0 aliphatic carbocycles. The van der Waals surface area contributed by atoms with E-state index in [0.717, 1.165) is 5.56 Å². The van der Waals surface area contributed by atoms with Gasteiger partial charge in [-0.25, -0.2) is 0 Å². The molecule has 0 bridgehead atoms. The van der Waals surface area contributed by atoms with E-state index < -0.39 is 0 Å². The molecule has 2 aromatic rings. The van der Waals surface area contributed by atoms with Crippen molar-refractivity contribution in [3.63, 3.8) is 0 Å².